The molecule has 5 nitrogen and oxygen atoms in total. The molecule has 0 aliphatic carbocycles. The van der Waals surface area contributed by atoms with Crippen molar-refractivity contribution in [3.8, 4) is 11.4 Å². The second-order valence-corrected chi connectivity index (χ2v) is 5.47. The van der Waals surface area contributed by atoms with E-state index in [9.17, 15) is 4.79 Å². The van der Waals surface area contributed by atoms with Crippen LogP contribution in [0.4, 0.5) is 0 Å². The largest absolute Gasteiger partial charge is 0.459 e. The highest BCUT2D eigenvalue weighted by Gasteiger charge is 2.18. The average molecular weight is 274 g/mol. The number of benzene rings is 1. The minimum atomic E-state index is -0.599. The third-order valence-electron chi connectivity index (χ3n) is 2.89. The van der Waals surface area contributed by atoms with Gasteiger partial charge in [0.15, 0.2) is 0 Å². The maximum atomic E-state index is 11.5. The minimum absolute atomic E-state index is 0.0892. The van der Waals surface area contributed by atoms with E-state index in [2.05, 4.69) is 30.9 Å². The van der Waals surface area contributed by atoms with Gasteiger partial charge in [0, 0.05) is 5.56 Å². The SMILES string of the molecule is CCOC(=O)c1nc(-c2ccc(C(C)(C)C)cc2)no1. The summed E-state index contributed by atoms with van der Waals surface area (Å²) in [6, 6.07) is 7.88. The van der Waals surface area contributed by atoms with Crippen molar-refractivity contribution in [2.45, 2.75) is 33.1 Å². The Morgan fingerprint density at radius 2 is 1.90 bits per heavy atom. The van der Waals surface area contributed by atoms with Crippen LogP contribution in [-0.2, 0) is 10.2 Å². The summed E-state index contributed by atoms with van der Waals surface area (Å²) < 4.78 is 9.70. The lowest BCUT2D eigenvalue weighted by atomic mass is 9.87. The van der Waals surface area contributed by atoms with Crippen molar-refractivity contribution in [1.29, 1.82) is 0 Å². The van der Waals surface area contributed by atoms with E-state index >= 15 is 0 Å². The van der Waals surface area contributed by atoms with E-state index in [0.29, 0.717) is 5.82 Å². The number of nitrogens with zero attached hydrogens (tertiary/aromatic N) is 2. The minimum Gasteiger partial charge on any atom is -0.459 e. The zero-order chi connectivity index (χ0) is 14.8. The topological polar surface area (TPSA) is 65.2 Å². The molecule has 0 spiro atoms. The van der Waals surface area contributed by atoms with Crippen molar-refractivity contribution in [2.75, 3.05) is 6.61 Å². The Morgan fingerprint density at radius 1 is 1.25 bits per heavy atom. The highest BCUT2D eigenvalue weighted by Crippen LogP contribution is 2.24. The molecule has 0 radical (unpaired) electrons. The molecule has 106 valence electrons. The van der Waals surface area contributed by atoms with Crippen molar-refractivity contribution in [2.24, 2.45) is 0 Å². The number of hydrogen-bond acceptors (Lipinski definition) is 5. The molecule has 0 bridgehead atoms. The highest BCUT2D eigenvalue weighted by atomic mass is 16.6. The second-order valence-electron chi connectivity index (χ2n) is 5.47. The molecule has 2 rings (SSSR count). The number of carbonyl (C=O) groups is 1. The molecule has 20 heavy (non-hydrogen) atoms. The van der Waals surface area contributed by atoms with Gasteiger partial charge < -0.3 is 9.26 Å². The zero-order valence-corrected chi connectivity index (χ0v) is 12.1. The third kappa shape index (κ3) is 3.04. The van der Waals surface area contributed by atoms with E-state index in [0.717, 1.165) is 5.56 Å². The maximum Gasteiger partial charge on any atom is 0.397 e. The molecule has 0 amide bonds. The van der Waals surface area contributed by atoms with Crippen LogP contribution in [0.25, 0.3) is 11.4 Å². The summed E-state index contributed by atoms with van der Waals surface area (Å²) in [6.07, 6.45) is 0. The number of carbonyl (C=O) groups excluding carboxylic acids is 1. The Kier molecular flexibility index (Phi) is 3.88. The van der Waals surface area contributed by atoms with Crippen molar-refractivity contribution >= 4 is 5.97 Å². The van der Waals surface area contributed by atoms with E-state index < -0.39 is 5.97 Å². The van der Waals surface area contributed by atoms with Crippen LogP contribution in [0.15, 0.2) is 28.8 Å². The standard InChI is InChI=1S/C15H18N2O3/c1-5-19-14(18)13-16-12(17-20-13)10-6-8-11(9-7-10)15(2,3)4/h6-9H,5H2,1-4H3. The summed E-state index contributed by atoms with van der Waals surface area (Å²) >= 11 is 0. The van der Waals surface area contributed by atoms with E-state index in [4.69, 9.17) is 9.26 Å². The van der Waals surface area contributed by atoms with E-state index in [1.807, 2.05) is 24.3 Å². The Hall–Kier alpha value is -2.17. The lowest BCUT2D eigenvalue weighted by molar-refractivity contribution is 0.0470. The molecule has 0 N–H and O–H groups in total. The van der Waals surface area contributed by atoms with E-state index in [1.54, 1.807) is 6.92 Å². The number of aromatic nitrogens is 2. The lowest BCUT2D eigenvalue weighted by Crippen LogP contribution is -2.10. The Labute approximate surface area is 118 Å². The predicted octanol–water partition coefficient (Wildman–Crippen LogP) is 3.21. The summed E-state index contributed by atoms with van der Waals surface area (Å²) in [4.78, 5) is 15.5. The number of ether oxygens (including phenoxy) is 1. The predicted molar refractivity (Wildman–Crippen MR) is 74.4 cm³/mol. The molecule has 2 aromatic rings. The van der Waals surface area contributed by atoms with Crippen molar-refractivity contribution in [1.82, 2.24) is 10.1 Å². The summed E-state index contributed by atoms with van der Waals surface area (Å²) in [7, 11) is 0. The molecule has 1 heterocycles. The van der Waals surface area contributed by atoms with Gasteiger partial charge in [-0.05, 0) is 17.9 Å². The molecule has 1 aromatic carbocycles. The van der Waals surface area contributed by atoms with Gasteiger partial charge in [-0.15, -0.1) is 0 Å². The normalized spacial score (nSPS) is 11.4. The lowest BCUT2D eigenvalue weighted by Gasteiger charge is -2.18. The maximum absolute atomic E-state index is 11.5. The molecule has 0 aliphatic heterocycles. The number of esters is 1. The van der Waals surface area contributed by atoms with Gasteiger partial charge in [0.05, 0.1) is 6.61 Å². The molecule has 0 saturated heterocycles. The first-order chi connectivity index (χ1) is 9.41. The third-order valence-corrected chi connectivity index (χ3v) is 2.89. The fourth-order valence-electron chi connectivity index (χ4n) is 1.74. The monoisotopic (exact) mass is 274 g/mol. The Balaban J connectivity index is 2.22. The molecule has 1 aromatic heterocycles. The summed E-state index contributed by atoms with van der Waals surface area (Å²) in [5, 5.41) is 3.79. The quantitative estimate of drug-likeness (QED) is 0.804. The van der Waals surface area contributed by atoms with E-state index in [-0.39, 0.29) is 17.9 Å². The summed E-state index contributed by atoms with van der Waals surface area (Å²) in [6.45, 7) is 8.44. The van der Waals surface area contributed by atoms with Gasteiger partial charge in [0.2, 0.25) is 5.82 Å². The van der Waals surface area contributed by atoms with Crippen molar-refractivity contribution < 1.29 is 14.1 Å². The molecule has 0 unspecified atom stereocenters. The zero-order valence-electron chi connectivity index (χ0n) is 12.1. The first-order valence-corrected chi connectivity index (χ1v) is 6.53. The van der Waals surface area contributed by atoms with Gasteiger partial charge in [-0.3, -0.25) is 0 Å². The average Bonchev–Trinajstić information content (AvgIpc) is 2.88. The molecule has 0 fully saturated rings. The fraction of sp³-hybridized carbons (Fsp3) is 0.400. The summed E-state index contributed by atoms with van der Waals surface area (Å²) in [5.41, 5.74) is 2.11. The molecular formula is C15H18N2O3. The molecule has 5 heteroatoms. The first kappa shape index (κ1) is 14.2. The number of hydrogen-bond donors (Lipinski definition) is 0. The Bertz CT molecular complexity index is 594. The van der Waals surface area contributed by atoms with Gasteiger partial charge in [-0.25, -0.2) is 4.79 Å². The van der Waals surface area contributed by atoms with Crippen LogP contribution >= 0.6 is 0 Å². The first-order valence-electron chi connectivity index (χ1n) is 6.53. The van der Waals surface area contributed by atoms with Crippen molar-refractivity contribution in [3.05, 3.63) is 35.7 Å². The van der Waals surface area contributed by atoms with Crippen LogP contribution in [-0.4, -0.2) is 22.7 Å². The number of rotatable bonds is 3. The van der Waals surface area contributed by atoms with E-state index in [1.165, 1.54) is 5.56 Å². The van der Waals surface area contributed by atoms with Gasteiger partial charge in [0.1, 0.15) is 0 Å². The molecular weight excluding hydrogens is 256 g/mol. The van der Waals surface area contributed by atoms with Crippen LogP contribution in [0.5, 0.6) is 0 Å². The van der Waals surface area contributed by atoms with Crippen molar-refractivity contribution in [3.63, 3.8) is 0 Å². The smallest absolute Gasteiger partial charge is 0.397 e. The Morgan fingerprint density at radius 3 is 2.45 bits per heavy atom. The molecule has 0 saturated carbocycles. The van der Waals surface area contributed by atoms with Crippen LogP contribution in [0.2, 0.25) is 0 Å². The molecule has 0 atom stereocenters. The van der Waals surface area contributed by atoms with Crippen LogP contribution in [0, 0.1) is 0 Å². The van der Waals surface area contributed by atoms with Gasteiger partial charge >= 0.3 is 11.9 Å². The molecule has 0 aliphatic rings. The van der Waals surface area contributed by atoms with Gasteiger partial charge in [-0.2, -0.15) is 4.98 Å². The van der Waals surface area contributed by atoms with Gasteiger partial charge in [0.25, 0.3) is 0 Å². The second kappa shape index (κ2) is 5.45. The van der Waals surface area contributed by atoms with Gasteiger partial charge in [-0.1, -0.05) is 50.2 Å². The highest BCUT2D eigenvalue weighted by molar-refractivity contribution is 5.84. The summed E-state index contributed by atoms with van der Waals surface area (Å²) in [5.74, 6) is -0.340. The fourth-order valence-corrected chi connectivity index (χ4v) is 1.74. The van der Waals surface area contributed by atoms with Crippen LogP contribution < -0.4 is 0 Å². The van der Waals surface area contributed by atoms with Crippen LogP contribution in [0.1, 0.15) is 43.9 Å². The van der Waals surface area contributed by atoms with Crippen LogP contribution in [0.3, 0.4) is 0 Å².